The van der Waals surface area contributed by atoms with Crippen LogP contribution in [0.1, 0.15) is 19.7 Å². The van der Waals surface area contributed by atoms with Crippen LogP contribution in [0, 0.1) is 0 Å². The highest BCUT2D eigenvalue weighted by atomic mass is 16.5. The van der Waals surface area contributed by atoms with Gasteiger partial charge in [-0.1, -0.05) is 0 Å². The van der Waals surface area contributed by atoms with Crippen LogP contribution in [0.25, 0.3) is 11.2 Å². The van der Waals surface area contributed by atoms with E-state index < -0.39 is 0 Å². The number of hydrogen-bond acceptors (Lipinski definition) is 4. The van der Waals surface area contributed by atoms with Crippen LogP contribution < -0.4 is 0 Å². The number of nitrogens with one attached hydrogen (secondary N) is 1. The molecule has 0 amide bonds. The number of rotatable bonds is 3. The molecule has 0 radical (unpaired) electrons. The average molecular weight is 206 g/mol. The molecule has 5 heteroatoms. The summed E-state index contributed by atoms with van der Waals surface area (Å²) in [5, 5.41) is 0. The first kappa shape index (κ1) is 10.0. The molecule has 0 saturated heterocycles. The lowest BCUT2D eigenvalue weighted by Gasteiger charge is -2.20. The van der Waals surface area contributed by atoms with Crippen molar-refractivity contribution in [2.45, 2.75) is 25.9 Å². The minimum Gasteiger partial charge on any atom is -0.378 e. The van der Waals surface area contributed by atoms with Gasteiger partial charge in [0.1, 0.15) is 17.7 Å². The third-order valence-electron chi connectivity index (χ3n) is 2.36. The molecule has 80 valence electrons. The number of imidazole rings is 1. The first-order chi connectivity index (χ1) is 7.11. The summed E-state index contributed by atoms with van der Waals surface area (Å²) < 4.78 is 5.34. The molecular formula is C10H14N4O. The number of nitrogens with zero attached hydrogens (tertiary/aromatic N) is 3. The van der Waals surface area contributed by atoms with Crippen molar-refractivity contribution in [2.24, 2.45) is 0 Å². The van der Waals surface area contributed by atoms with E-state index >= 15 is 0 Å². The van der Waals surface area contributed by atoms with Crippen molar-refractivity contribution in [1.82, 2.24) is 19.9 Å². The lowest BCUT2D eigenvalue weighted by Crippen LogP contribution is -2.26. The minimum absolute atomic E-state index is 0.221. The van der Waals surface area contributed by atoms with Crippen LogP contribution in [0.15, 0.2) is 12.5 Å². The van der Waals surface area contributed by atoms with Crippen molar-refractivity contribution < 1.29 is 4.74 Å². The zero-order valence-electron chi connectivity index (χ0n) is 9.11. The van der Waals surface area contributed by atoms with Crippen LogP contribution in [0.2, 0.25) is 0 Å². The number of H-pyrrole nitrogens is 1. The highest BCUT2D eigenvalue weighted by molar-refractivity contribution is 5.68. The molecule has 0 fully saturated rings. The first-order valence-corrected chi connectivity index (χ1v) is 4.80. The number of aromatic amines is 1. The second-order valence-corrected chi connectivity index (χ2v) is 4.08. The highest BCUT2D eigenvalue weighted by Gasteiger charge is 2.19. The Morgan fingerprint density at radius 3 is 2.93 bits per heavy atom. The van der Waals surface area contributed by atoms with Crippen LogP contribution in [0.5, 0.6) is 0 Å². The summed E-state index contributed by atoms with van der Waals surface area (Å²) in [6.45, 7) is 4.04. The van der Waals surface area contributed by atoms with Gasteiger partial charge in [0, 0.05) is 13.5 Å². The Labute approximate surface area is 87.9 Å². The van der Waals surface area contributed by atoms with E-state index in [0.29, 0.717) is 5.65 Å². The van der Waals surface area contributed by atoms with E-state index in [4.69, 9.17) is 4.74 Å². The van der Waals surface area contributed by atoms with Crippen molar-refractivity contribution in [3.05, 3.63) is 18.3 Å². The Bertz CT molecular complexity index is 430. The molecule has 2 aromatic heterocycles. The first-order valence-electron chi connectivity index (χ1n) is 4.80. The summed E-state index contributed by atoms with van der Waals surface area (Å²) >= 11 is 0. The van der Waals surface area contributed by atoms with Crippen molar-refractivity contribution in [3.8, 4) is 0 Å². The van der Waals surface area contributed by atoms with E-state index in [2.05, 4.69) is 19.9 Å². The zero-order valence-corrected chi connectivity index (χ0v) is 9.11. The third-order valence-corrected chi connectivity index (χ3v) is 2.36. The second-order valence-electron chi connectivity index (χ2n) is 4.08. The summed E-state index contributed by atoms with van der Waals surface area (Å²) in [5.74, 6) is 0.873. The SMILES string of the molecule is COC(C)(C)Cc1nc2ncncc2[nH]1. The largest absolute Gasteiger partial charge is 0.378 e. The lowest BCUT2D eigenvalue weighted by molar-refractivity contribution is 0.0218. The molecule has 0 aliphatic rings. The predicted octanol–water partition coefficient (Wildman–Crippen LogP) is 1.32. The molecule has 0 aliphatic heterocycles. The topological polar surface area (TPSA) is 63.7 Å². The second kappa shape index (κ2) is 3.58. The van der Waals surface area contributed by atoms with E-state index in [1.165, 1.54) is 6.33 Å². The van der Waals surface area contributed by atoms with Gasteiger partial charge in [0.25, 0.3) is 0 Å². The van der Waals surface area contributed by atoms with Gasteiger partial charge >= 0.3 is 0 Å². The maximum atomic E-state index is 5.34. The molecule has 0 spiro atoms. The molecule has 2 rings (SSSR count). The van der Waals surface area contributed by atoms with Gasteiger partial charge in [0.05, 0.1) is 11.8 Å². The molecule has 5 nitrogen and oxygen atoms in total. The van der Waals surface area contributed by atoms with Gasteiger partial charge in [-0.3, -0.25) is 0 Å². The summed E-state index contributed by atoms with van der Waals surface area (Å²) in [4.78, 5) is 15.5. The maximum Gasteiger partial charge on any atom is 0.180 e. The number of methoxy groups -OCH3 is 1. The normalized spacial score (nSPS) is 12.2. The lowest BCUT2D eigenvalue weighted by atomic mass is 10.1. The van der Waals surface area contributed by atoms with Gasteiger partial charge in [0.15, 0.2) is 5.65 Å². The monoisotopic (exact) mass is 206 g/mol. The molecule has 0 unspecified atom stereocenters. The molecule has 0 bridgehead atoms. The smallest absolute Gasteiger partial charge is 0.180 e. The Morgan fingerprint density at radius 2 is 2.27 bits per heavy atom. The fourth-order valence-corrected chi connectivity index (χ4v) is 1.37. The van der Waals surface area contributed by atoms with E-state index in [0.717, 1.165) is 17.8 Å². The molecule has 15 heavy (non-hydrogen) atoms. The van der Waals surface area contributed by atoms with Crippen LogP contribution in [0.4, 0.5) is 0 Å². The van der Waals surface area contributed by atoms with Crippen LogP contribution in [-0.4, -0.2) is 32.6 Å². The van der Waals surface area contributed by atoms with Crippen molar-refractivity contribution in [2.75, 3.05) is 7.11 Å². The fourth-order valence-electron chi connectivity index (χ4n) is 1.37. The third kappa shape index (κ3) is 2.12. The van der Waals surface area contributed by atoms with Gasteiger partial charge in [-0.15, -0.1) is 0 Å². The van der Waals surface area contributed by atoms with Gasteiger partial charge in [-0.25, -0.2) is 15.0 Å². The van der Waals surface area contributed by atoms with Crippen molar-refractivity contribution >= 4 is 11.2 Å². The van der Waals surface area contributed by atoms with Crippen LogP contribution in [0.3, 0.4) is 0 Å². The summed E-state index contributed by atoms with van der Waals surface area (Å²) in [6.07, 6.45) is 3.94. The van der Waals surface area contributed by atoms with E-state index in [9.17, 15) is 0 Å². The van der Waals surface area contributed by atoms with Crippen LogP contribution in [-0.2, 0) is 11.2 Å². The Morgan fingerprint density at radius 1 is 1.47 bits per heavy atom. The number of ether oxygens (including phenoxy) is 1. The Hall–Kier alpha value is -1.49. The van der Waals surface area contributed by atoms with Gasteiger partial charge in [0.2, 0.25) is 0 Å². The quantitative estimate of drug-likeness (QED) is 0.822. The maximum absolute atomic E-state index is 5.34. The number of hydrogen-bond donors (Lipinski definition) is 1. The summed E-state index contributed by atoms with van der Waals surface area (Å²) in [6, 6.07) is 0. The minimum atomic E-state index is -0.221. The summed E-state index contributed by atoms with van der Waals surface area (Å²) in [5.41, 5.74) is 1.34. The van der Waals surface area contributed by atoms with Gasteiger partial charge in [-0.2, -0.15) is 0 Å². The molecule has 0 aliphatic carbocycles. The van der Waals surface area contributed by atoms with Gasteiger partial charge < -0.3 is 9.72 Å². The fraction of sp³-hybridized carbons (Fsp3) is 0.500. The zero-order chi connectivity index (χ0) is 10.9. The molecule has 1 N–H and O–H groups in total. The standard InChI is InChI=1S/C10H14N4O/c1-10(2,15-3)4-8-13-7-5-11-6-12-9(7)14-8/h5-6H,4H2,1-3H3,(H,11,12,13,14). The summed E-state index contributed by atoms with van der Waals surface area (Å²) in [7, 11) is 1.70. The molecular weight excluding hydrogens is 192 g/mol. The molecule has 0 saturated carbocycles. The molecule has 0 atom stereocenters. The molecule has 2 heterocycles. The van der Waals surface area contributed by atoms with E-state index in [1.807, 2.05) is 13.8 Å². The number of fused-ring (bicyclic) bond motifs is 1. The highest BCUT2D eigenvalue weighted by Crippen LogP contribution is 2.15. The van der Waals surface area contributed by atoms with Crippen molar-refractivity contribution in [1.29, 1.82) is 0 Å². The number of aromatic nitrogens is 4. The molecule has 0 aromatic carbocycles. The Kier molecular flexibility index (Phi) is 2.40. The van der Waals surface area contributed by atoms with Crippen LogP contribution >= 0.6 is 0 Å². The predicted molar refractivity (Wildman–Crippen MR) is 56.5 cm³/mol. The van der Waals surface area contributed by atoms with Crippen molar-refractivity contribution in [3.63, 3.8) is 0 Å². The van der Waals surface area contributed by atoms with E-state index in [1.54, 1.807) is 13.3 Å². The van der Waals surface area contributed by atoms with E-state index in [-0.39, 0.29) is 5.60 Å². The van der Waals surface area contributed by atoms with Gasteiger partial charge in [-0.05, 0) is 13.8 Å². The molecule has 2 aromatic rings. The average Bonchev–Trinajstić information content (AvgIpc) is 2.58. The Balaban J connectivity index is 2.30.